The molecule has 0 bridgehead atoms. The van der Waals surface area contributed by atoms with Crippen molar-refractivity contribution >= 4 is 17.6 Å². The zero-order chi connectivity index (χ0) is 19.7. The molecule has 0 aliphatic carbocycles. The molecule has 1 unspecified atom stereocenters. The lowest BCUT2D eigenvalue weighted by molar-refractivity contribution is -0.0138. The lowest BCUT2D eigenvalue weighted by atomic mass is 10.1. The van der Waals surface area contributed by atoms with Crippen molar-refractivity contribution in [3.63, 3.8) is 0 Å². The van der Waals surface area contributed by atoms with Crippen LogP contribution in [0.5, 0.6) is 11.5 Å². The highest BCUT2D eigenvalue weighted by atomic mass is 16.5. The second kappa shape index (κ2) is 7.61. The molecule has 3 heterocycles. The molecule has 3 aliphatic rings. The van der Waals surface area contributed by atoms with Gasteiger partial charge in [-0.05, 0) is 31.2 Å². The van der Waals surface area contributed by atoms with Crippen molar-refractivity contribution in [1.29, 1.82) is 0 Å². The molecule has 1 fully saturated rings. The number of hydrogen-bond acceptors (Lipinski definition) is 8. The Morgan fingerprint density at radius 2 is 2.11 bits per heavy atom. The molecule has 3 aliphatic heterocycles. The molecular weight excluding hydrogens is 362 g/mol. The van der Waals surface area contributed by atoms with Gasteiger partial charge in [0, 0.05) is 17.8 Å². The number of carbonyl (C=O) groups excluding carboxylic acids is 1. The summed E-state index contributed by atoms with van der Waals surface area (Å²) in [6, 6.07) is 5.19. The van der Waals surface area contributed by atoms with E-state index < -0.39 is 0 Å². The third-order valence-electron chi connectivity index (χ3n) is 4.85. The third-order valence-corrected chi connectivity index (χ3v) is 4.85. The number of guanidine groups is 1. The maximum absolute atomic E-state index is 13.1. The second-order valence-corrected chi connectivity index (χ2v) is 6.61. The van der Waals surface area contributed by atoms with Crippen molar-refractivity contribution in [3.8, 4) is 11.5 Å². The molecule has 0 saturated carbocycles. The summed E-state index contributed by atoms with van der Waals surface area (Å²) < 4.78 is 16.5. The number of nitrogens with zero attached hydrogens (tertiary/aromatic N) is 4. The molecule has 9 nitrogen and oxygen atoms in total. The van der Waals surface area contributed by atoms with Crippen molar-refractivity contribution in [2.75, 3.05) is 40.6 Å². The van der Waals surface area contributed by atoms with E-state index in [0.29, 0.717) is 49.4 Å². The number of amides is 1. The van der Waals surface area contributed by atoms with Gasteiger partial charge in [-0.15, -0.1) is 0 Å². The topological polar surface area (TPSA) is 88.0 Å². The fraction of sp³-hybridized carbons (Fsp3) is 0.421. The lowest BCUT2D eigenvalue weighted by Crippen LogP contribution is -2.51. The SMILES string of the molecule is COc1ccc(C(=O)N2CCOC(C3=CC(C)=NC4=NCNN34)C2)cc1OC. The van der Waals surface area contributed by atoms with E-state index in [9.17, 15) is 4.79 Å². The number of methoxy groups -OCH3 is 2. The highest BCUT2D eigenvalue weighted by molar-refractivity contribution is 6.05. The molecule has 4 rings (SSSR count). The van der Waals surface area contributed by atoms with E-state index >= 15 is 0 Å². The van der Waals surface area contributed by atoms with Gasteiger partial charge >= 0.3 is 0 Å². The van der Waals surface area contributed by atoms with Gasteiger partial charge in [-0.2, -0.15) is 0 Å². The summed E-state index contributed by atoms with van der Waals surface area (Å²) in [5.74, 6) is 1.68. The molecule has 0 spiro atoms. The van der Waals surface area contributed by atoms with Gasteiger partial charge in [-0.1, -0.05) is 0 Å². The minimum Gasteiger partial charge on any atom is -0.493 e. The van der Waals surface area contributed by atoms with Gasteiger partial charge in [0.1, 0.15) is 12.8 Å². The van der Waals surface area contributed by atoms with Crippen LogP contribution in [0.3, 0.4) is 0 Å². The van der Waals surface area contributed by atoms with Gasteiger partial charge in [0.2, 0.25) is 5.96 Å². The zero-order valence-electron chi connectivity index (χ0n) is 16.1. The Labute approximate surface area is 163 Å². The summed E-state index contributed by atoms with van der Waals surface area (Å²) in [6.45, 7) is 3.83. The van der Waals surface area contributed by atoms with Crippen molar-refractivity contribution < 1.29 is 19.0 Å². The highest BCUT2D eigenvalue weighted by Crippen LogP contribution is 2.29. The van der Waals surface area contributed by atoms with Crippen LogP contribution in [0.4, 0.5) is 0 Å². The van der Waals surface area contributed by atoms with E-state index in [1.165, 1.54) is 0 Å². The second-order valence-electron chi connectivity index (χ2n) is 6.61. The van der Waals surface area contributed by atoms with E-state index in [1.807, 2.05) is 18.0 Å². The molecule has 0 radical (unpaired) electrons. The summed E-state index contributed by atoms with van der Waals surface area (Å²) in [5, 5.41) is 1.84. The first-order valence-corrected chi connectivity index (χ1v) is 9.08. The predicted molar refractivity (Wildman–Crippen MR) is 104 cm³/mol. The van der Waals surface area contributed by atoms with Crippen molar-refractivity contribution in [1.82, 2.24) is 15.3 Å². The Morgan fingerprint density at radius 3 is 2.89 bits per heavy atom. The van der Waals surface area contributed by atoms with Crippen molar-refractivity contribution in [3.05, 3.63) is 35.5 Å². The molecular formula is C19H23N5O4. The third kappa shape index (κ3) is 3.34. The molecule has 1 atom stereocenters. The Morgan fingerprint density at radius 1 is 1.29 bits per heavy atom. The Kier molecular flexibility index (Phi) is 5.01. The largest absolute Gasteiger partial charge is 0.493 e. The molecule has 28 heavy (non-hydrogen) atoms. The van der Waals surface area contributed by atoms with Gasteiger partial charge in [0.25, 0.3) is 5.91 Å². The molecule has 0 aromatic heterocycles. The fourth-order valence-electron chi connectivity index (χ4n) is 3.48. The summed E-state index contributed by atoms with van der Waals surface area (Å²) in [6.07, 6.45) is 1.70. The van der Waals surface area contributed by atoms with Crippen LogP contribution in [0.2, 0.25) is 0 Å². The number of hydrazine groups is 1. The summed E-state index contributed by atoms with van der Waals surface area (Å²) >= 11 is 0. The Balaban J connectivity index is 1.53. The number of fused-ring (bicyclic) bond motifs is 1. The quantitative estimate of drug-likeness (QED) is 0.833. The number of carbonyl (C=O) groups is 1. The van der Waals surface area contributed by atoms with Crippen LogP contribution in [0, 0.1) is 0 Å². The van der Waals surface area contributed by atoms with Gasteiger partial charge in [-0.3, -0.25) is 4.79 Å². The average molecular weight is 385 g/mol. The molecule has 148 valence electrons. The van der Waals surface area contributed by atoms with Crippen LogP contribution in [0.1, 0.15) is 17.3 Å². The van der Waals surface area contributed by atoms with Crippen molar-refractivity contribution in [2.24, 2.45) is 9.98 Å². The van der Waals surface area contributed by atoms with Gasteiger partial charge < -0.3 is 19.1 Å². The Hall–Kier alpha value is -2.91. The van der Waals surface area contributed by atoms with Crippen LogP contribution in [-0.2, 0) is 4.74 Å². The van der Waals surface area contributed by atoms with E-state index in [0.717, 1.165) is 11.4 Å². The average Bonchev–Trinajstić information content (AvgIpc) is 3.20. The first-order valence-electron chi connectivity index (χ1n) is 9.08. The summed E-state index contributed by atoms with van der Waals surface area (Å²) in [7, 11) is 3.12. The van der Waals surface area contributed by atoms with Crippen LogP contribution in [-0.4, -0.2) is 74.2 Å². The van der Waals surface area contributed by atoms with Gasteiger partial charge in [0.15, 0.2) is 11.5 Å². The van der Waals surface area contributed by atoms with E-state index in [1.54, 1.807) is 37.3 Å². The Bertz CT molecular complexity index is 879. The number of nitrogens with one attached hydrogen (secondary N) is 1. The van der Waals surface area contributed by atoms with Crippen LogP contribution >= 0.6 is 0 Å². The number of allylic oxidation sites excluding steroid dienone is 1. The van der Waals surface area contributed by atoms with E-state index in [2.05, 4.69) is 15.4 Å². The molecule has 1 saturated heterocycles. The van der Waals surface area contributed by atoms with Crippen LogP contribution < -0.4 is 14.9 Å². The van der Waals surface area contributed by atoms with Crippen LogP contribution in [0.25, 0.3) is 0 Å². The lowest BCUT2D eigenvalue weighted by Gasteiger charge is -2.37. The smallest absolute Gasteiger partial charge is 0.254 e. The molecule has 1 amide bonds. The maximum atomic E-state index is 13.1. The first kappa shape index (κ1) is 18.5. The molecule has 1 N–H and O–H groups in total. The number of hydrogen-bond donors (Lipinski definition) is 1. The summed E-state index contributed by atoms with van der Waals surface area (Å²) in [5.41, 5.74) is 5.49. The fourth-order valence-corrected chi connectivity index (χ4v) is 3.48. The van der Waals surface area contributed by atoms with E-state index in [-0.39, 0.29) is 12.0 Å². The van der Waals surface area contributed by atoms with Crippen molar-refractivity contribution in [2.45, 2.75) is 13.0 Å². The summed E-state index contributed by atoms with van der Waals surface area (Å²) in [4.78, 5) is 23.6. The normalized spacial score (nSPS) is 21.5. The predicted octanol–water partition coefficient (Wildman–Crippen LogP) is 1.04. The number of morpholine rings is 1. The zero-order valence-corrected chi connectivity index (χ0v) is 16.1. The van der Waals surface area contributed by atoms with Gasteiger partial charge in [-0.25, -0.2) is 20.4 Å². The minimum absolute atomic E-state index is 0.0701. The van der Waals surface area contributed by atoms with E-state index in [4.69, 9.17) is 14.2 Å². The molecule has 1 aromatic rings. The monoisotopic (exact) mass is 385 g/mol. The highest BCUT2D eigenvalue weighted by Gasteiger charge is 2.34. The standard InChI is InChI=1S/C19H23N5O4/c1-12-8-14(24-19(22-12)20-11-21-24)17-10-23(6-7-28-17)18(25)13-4-5-15(26-2)16(9-13)27-3/h4-5,8-9,17,21H,6-7,10-11H2,1-3H3. The number of benzene rings is 1. The minimum atomic E-state index is -0.265. The first-order chi connectivity index (χ1) is 13.6. The van der Waals surface area contributed by atoms with Crippen LogP contribution in [0.15, 0.2) is 40.0 Å². The van der Waals surface area contributed by atoms with Gasteiger partial charge in [0.05, 0.1) is 33.1 Å². The maximum Gasteiger partial charge on any atom is 0.254 e. The number of rotatable bonds is 4. The number of aliphatic imine (C=N–C) groups is 2. The molecule has 1 aromatic carbocycles. The molecule has 9 heteroatoms. The number of ether oxygens (including phenoxy) is 3.